The highest BCUT2D eigenvalue weighted by Crippen LogP contribution is 2.16. The molecule has 0 aromatic carbocycles. The van der Waals surface area contributed by atoms with Gasteiger partial charge in [-0.15, -0.1) is 0 Å². The third kappa shape index (κ3) is 5.84. The fourth-order valence-corrected chi connectivity index (χ4v) is 1.73. The van der Waals surface area contributed by atoms with Crippen LogP contribution >= 0.6 is 0 Å². The van der Waals surface area contributed by atoms with Crippen molar-refractivity contribution in [1.29, 1.82) is 0 Å². The number of ketones is 1. The van der Waals surface area contributed by atoms with E-state index >= 15 is 0 Å². The maximum absolute atomic E-state index is 11.6. The second kappa shape index (κ2) is 7.11. The van der Waals surface area contributed by atoms with Crippen molar-refractivity contribution in [2.24, 2.45) is 11.8 Å². The summed E-state index contributed by atoms with van der Waals surface area (Å²) in [6.07, 6.45) is 5.34. The SMILES string of the molecule is CCCC(C)CC(=O)C(C)CCC. The van der Waals surface area contributed by atoms with Crippen molar-refractivity contribution in [1.82, 2.24) is 0 Å². The van der Waals surface area contributed by atoms with E-state index in [2.05, 4.69) is 27.7 Å². The van der Waals surface area contributed by atoms with Crippen LogP contribution in [0.5, 0.6) is 0 Å². The quantitative estimate of drug-likeness (QED) is 0.588. The molecule has 2 atom stereocenters. The molecule has 0 radical (unpaired) electrons. The van der Waals surface area contributed by atoms with Crippen molar-refractivity contribution in [2.45, 2.75) is 59.8 Å². The number of carbonyl (C=O) groups is 1. The summed E-state index contributed by atoms with van der Waals surface area (Å²) in [6.45, 7) is 8.56. The first-order valence-corrected chi connectivity index (χ1v) is 5.64. The summed E-state index contributed by atoms with van der Waals surface area (Å²) in [7, 11) is 0. The highest BCUT2D eigenvalue weighted by Gasteiger charge is 2.14. The Kier molecular flexibility index (Phi) is 6.93. The molecular weight excluding hydrogens is 160 g/mol. The first-order chi connectivity index (χ1) is 6.11. The fraction of sp³-hybridized carbons (Fsp3) is 0.917. The van der Waals surface area contributed by atoms with Gasteiger partial charge in [-0.2, -0.15) is 0 Å². The molecule has 0 aliphatic heterocycles. The van der Waals surface area contributed by atoms with Crippen LogP contribution in [0.1, 0.15) is 59.8 Å². The largest absolute Gasteiger partial charge is 0.299 e. The Bertz CT molecular complexity index is 140. The molecule has 0 aromatic rings. The predicted molar refractivity (Wildman–Crippen MR) is 57.8 cm³/mol. The predicted octanol–water partition coefficient (Wildman–Crippen LogP) is 3.82. The maximum Gasteiger partial charge on any atom is 0.135 e. The number of hydrogen-bond acceptors (Lipinski definition) is 1. The third-order valence-corrected chi connectivity index (χ3v) is 2.60. The zero-order valence-corrected chi connectivity index (χ0v) is 9.60. The van der Waals surface area contributed by atoms with Gasteiger partial charge in [0.25, 0.3) is 0 Å². The van der Waals surface area contributed by atoms with Gasteiger partial charge in [-0.1, -0.05) is 47.0 Å². The Morgan fingerprint density at radius 1 is 1.08 bits per heavy atom. The summed E-state index contributed by atoms with van der Waals surface area (Å²) >= 11 is 0. The van der Waals surface area contributed by atoms with E-state index in [0.717, 1.165) is 19.3 Å². The molecule has 13 heavy (non-hydrogen) atoms. The van der Waals surface area contributed by atoms with Crippen LogP contribution in [0.4, 0.5) is 0 Å². The molecule has 2 unspecified atom stereocenters. The van der Waals surface area contributed by atoms with Crippen molar-refractivity contribution in [3.63, 3.8) is 0 Å². The van der Waals surface area contributed by atoms with Gasteiger partial charge in [0.1, 0.15) is 5.78 Å². The monoisotopic (exact) mass is 184 g/mol. The molecule has 0 amide bonds. The minimum atomic E-state index is 0.282. The highest BCUT2D eigenvalue weighted by atomic mass is 16.1. The Morgan fingerprint density at radius 2 is 1.62 bits per heavy atom. The fourth-order valence-electron chi connectivity index (χ4n) is 1.73. The van der Waals surface area contributed by atoms with Crippen molar-refractivity contribution in [3.05, 3.63) is 0 Å². The van der Waals surface area contributed by atoms with Crippen LogP contribution in [0.3, 0.4) is 0 Å². The number of hydrogen-bond donors (Lipinski definition) is 0. The van der Waals surface area contributed by atoms with Crippen LogP contribution in [0, 0.1) is 11.8 Å². The Morgan fingerprint density at radius 3 is 2.08 bits per heavy atom. The second-order valence-electron chi connectivity index (χ2n) is 4.25. The maximum atomic E-state index is 11.6. The van der Waals surface area contributed by atoms with E-state index in [-0.39, 0.29) is 5.92 Å². The summed E-state index contributed by atoms with van der Waals surface area (Å²) in [4.78, 5) is 11.6. The molecule has 0 aliphatic carbocycles. The molecule has 0 fully saturated rings. The first kappa shape index (κ1) is 12.7. The molecule has 0 aromatic heterocycles. The number of Topliss-reactive ketones (excluding diaryl/α,β-unsaturated/α-hetero) is 1. The zero-order valence-electron chi connectivity index (χ0n) is 9.60. The summed E-state index contributed by atoms with van der Waals surface area (Å²) < 4.78 is 0. The molecule has 0 aliphatic rings. The van der Waals surface area contributed by atoms with Crippen molar-refractivity contribution < 1.29 is 4.79 Å². The first-order valence-electron chi connectivity index (χ1n) is 5.64. The topological polar surface area (TPSA) is 17.1 Å². The van der Waals surface area contributed by atoms with Gasteiger partial charge in [0.2, 0.25) is 0 Å². The Balaban J connectivity index is 3.71. The minimum absolute atomic E-state index is 0.282. The van der Waals surface area contributed by atoms with E-state index in [1.807, 2.05) is 0 Å². The molecule has 0 N–H and O–H groups in total. The van der Waals surface area contributed by atoms with E-state index in [1.54, 1.807) is 0 Å². The molecule has 1 heteroatoms. The molecule has 0 saturated heterocycles. The third-order valence-electron chi connectivity index (χ3n) is 2.60. The van der Waals surface area contributed by atoms with Crippen molar-refractivity contribution in [3.8, 4) is 0 Å². The van der Waals surface area contributed by atoms with Gasteiger partial charge >= 0.3 is 0 Å². The molecule has 0 rings (SSSR count). The summed E-state index contributed by atoms with van der Waals surface area (Å²) in [5, 5.41) is 0. The average Bonchev–Trinajstić information content (AvgIpc) is 2.05. The van der Waals surface area contributed by atoms with Crippen molar-refractivity contribution in [2.75, 3.05) is 0 Å². The molecule has 0 spiro atoms. The van der Waals surface area contributed by atoms with Crippen LogP contribution < -0.4 is 0 Å². The van der Waals surface area contributed by atoms with Gasteiger partial charge in [0.05, 0.1) is 0 Å². The van der Waals surface area contributed by atoms with Gasteiger partial charge in [-0.3, -0.25) is 4.79 Å². The molecular formula is C12H24O. The van der Waals surface area contributed by atoms with E-state index in [4.69, 9.17) is 0 Å². The van der Waals surface area contributed by atoms with Gasteiger partial charge in [0.15, 0.2) is 0 Å². The van der Waals surface area contributed by atoms with Gasteiger partial charge < -0.3 is 0 Å². The molecule has 0 saturated carbocycles. The van der Waals surface area contributed by atoms with Crippen LogP contribution in [0.25, 0.3) is 0 Å². The van der Waals surface area contributed by atoms with Crippen LogP contribution in [0.2, 0.25) is 0 Å². The van der Waals surface area contributed by atoms with E-state index < -0.39 is 0 Å². The van der Waals surface area contributed by atoms with Crippen LogP contribution in [0.15, 0.2) is 0 Å². The normalized spacial score (nSPS) is 15.4. The van der Waals surface area contributed by atoms with E-state index in [0.29, 0.717) is 11.7 Å². The minimum Gasteiger partial charge on any atom is -0.299 e. The lowest BCUT2D eigenvalue weighted by Crippen LogP contribution is -2.14. The number of rotatable bonds is 7. The summed E-state index contributed by atoms with van der Waals surface area (Å²) in [6, 6.07) is 0. The summed E-state index contributed by atoms with van der Waals surface area (Å²) in [5.74, 6) is 1.32. The van der Waals surface area contributed by atoms with Gasteiger partial charge in [-0.25, -0.2) is 0 Å². The van der Waals surface area contributed by atoms with Crippen LogP contribution in [-0.2, 0) is 4.79 Å². The lowest BCUT2D eigenvalue weighted by atomic mass is 9.91. The molecule has 78 valence electrons. The lowest BCUT2D eigenvalue weighted by Gasteiger charge is -2.13. The van der Waals surface area contributed by atoms with Gasteiger partial charge in [-0.05, 0) is 12.3 Å². The molecule has 0 heterocycles. The average molecular weight is 184 g/mol. The van der Waals surface area contributed by atoms with Crippen LogP contribution in [-0.4, -0.2) is 5.78 Å². The molecule has 0 bridgehead atoms. The number of carbonyl (C=O) groups excluding carboxylic acids is 1. The lowest BCUT2D eigenvalue weighted by molar-refractivity contribution is -0.123. The van der Waals surface area contributed by atoms with E-state index in [9.17, 15) is 4.79 Å². The zero-order chi connectivity index (χ0) is 10.3. The highest BCUT2D eigenvalue weighted by molar-refractivity contribution is 5.80. The standard InChI is InChI=1S/C12H24O/c1-5-7-10(3)9-12(13)11(4)8-6-2/h10-11H,5-9H2,1-4H3. The van der Waals surface area contributed by atoms with Gasteiger partial charge in [0, 0.05) is 12.3 Å². The molecule has 1 nitrogen and oxygen atoms in total. The van der Waals surface area contributed by atoms with Crippen molar-refractivity contribution >= 4 is 5.78 Å². The Labute approximate surface area is 82.9 Å². The second-order valence-corrected chi connectivity index (χ2v) is 4.25. The summed E-state index contributed by atoms with van der Waals surface area (Å²) in [5.41, 5.74) is 0. The van der Waals surface area contributed by atoms with E-state index in [1.165, 1.54) is 12.8 Å². The Hall–Kier alpha value is -0.330. The smallest absolute Gasteiger partial charge is 0.135 e.